The largest absolute Gasteiger partial charge is 0.477 e. The fraction of sp³-hybridized carbons (Fsp3) is 0.200. The molecular weight excluding hydrogens is 272 g/mol. The number of aromatic nitrogens is 3. The predicted molar refractivity (Wildman–Crippen MR) is 66.5 cm³/mol. The number of aromatic carboxylic acids is 1. The minimum absolute atomic E-state index is 0.144. The molecule has 3 N–H and O–H groups in total. The average molecular weight is 284 g/mol. The lowest BCUT2D eigenvalue weighted by Crippen LogP contribution is -2.11. The van der Waals surface area contributed by atoms with Gasteiger partial charge in [-0.05, 0) is 13.0 Å². The van der Waals surface area contributed by atoms with Crippen LogP contribution in [0.15, 0.2) is 29.6 Å². The van der Waals surface area contributed by atoms with Crippen LogP contribution in [0.4, 0.5) is 5.69 Å². The Hall–Kier alpha value is -2.29. The van der Waals surface area contributed by atoms with E-state index >= 15 is 0 Å². The van der Waals surface area contributed by atoms with Crippen molar-refractivity contribution in [3.05, 3.63) is 30.4 Å². The first kappa shape index (κ1) is 13.1. The Balaban J connectivity index is 2.24. The molecule has 0 spiro atoms. The zero-order valence-corrected chi connectivity index (χ0v) is 10.8. The number of aromatic amines is 1. The molecule has 102 valence electrons. The van der Waals surface area contributed by atoms with Gasteiger partial charge in [0.2, 0.25) is 0 Å². The third-order valence-electron chi connectivity index (χ3n) is 2.41. The van der Waals surface area contributed by atoms with Crippen molar-refractivity contribution >= 4 is 21.7 Å². The van der Waals surface area contributed by atoms with Crippen molar-refractivity contribution in [3.63, 3.8) is 0 Å². The predicted octanol–water partition coefficient (Wildman–Crippen LogP) is 0.730. The van der Waals surface area contributed by atoms with E-state index < -0.39 is 16.0 Å². The Kier molecular flexibility index (Phi) is 3.30. The number of aryl methyl sites for hydroxylation is 1. The summed E-state index contributed by atoms with van der Waals surface area (Å²) in [6, 6.07) is 1.05. The van der Waals surface area contributed by atoms with E-state index in [1.54, 1.807) is 10.9 Å². The molecule has 2 rings (SSSR count). The molecule has 19 heavy (non-hydrogen) atoms. The summed E-state index contributed by atoms with van der Waals surface area (Å²) in [4.78, 5) is 12.9. The van der Waals surface area contributed by atoms with Gasteiger partial charge in [0.15, 0.2) is 0 Å². The minimum atomic E-state index is -3.82. The Bertz CT molecular complexity index is 701. The second-order valence-electron chi connectivity index (χ2n) is 3.74. The Morgan fingerprint density at radius 1 is 1.58 bits per heavy atom. The van der Waals surface area contributed by atoms with Gasteiger partial charge in [0.05, 0.1) is 11.9 Å². The van der Waals surface area contributed by atoms with E-state index in [2.05, 4.69) is 14.8 Å². The first-order valence-electron chi connectivity index (χ1n) is 5.39. The van der Waals surface area contributed by atoms with E-state index in [1.807, 2.05) is 6.92 Å². The number of H-pyrrole nitrogens is 1. The number of anilines is 1. The van der Waals surface area contributed by atoms with Gasteiger partial charge < -0.3 is 10.1 Å². The van der Waals surface area contributed by atoms with Gasteiger partial charge in [-0.25, -0.2) is 13.2 Å². The fourth-order valence-electron chi connectivity index (χ4n) is 1.46. The van der Waals surface area contributed by atoms with Crippen molar-refractivity contribution in [2.75, 3.05) is 4.72 Å². The van der Waals surface area contributed by atoms with Gasteiger partial charge in [0.1, 0.15) is 10.6 Å². The number of carboxylic acid groups (broad SMARTS) is 1. The number of rotatable bonds is 5. The lowest BCUT2D eigenvalue weighted by atomic mass is 10.4. The molecule has 0 aromatic carbocycles. The van der Waals surface area contributed by atoms with Crippen LogP contribution in [0.2, 0.25) is 0 Å². The van der Waals surface area contributed by atoms with Crippen LogP contribution in [-0.2, 0) is 16.6 Å². The molecule has 9 heteroatoms. The Morgan fingerprint density at radius 2 is 2.32 bits per heavy atom. The van der Waals surface area contributed by atoms with E-state index in [0.717, 1.165) is 12.3 Å². The maximum Gasteiger partial charge on any atom is 0.352 e. The van der Waals surface area contributed by atoms with E-state index in [-0.39, 0.29) is 10.6 Å². The molecule has 8 nitrogen and oxygen atoms in total. The minimum Gasteiger partial charge on any atom is -0.477 e. The number of nitrogens with one attached hydrogen (secondary N) is 2. The number of hydrogen-bond donors (Lipinski definition) is 3. The first-order valence-corrected chi connectivity index (χ1v) is 6.87. The van der Waals surface area contributed by atoms with Crippen LogP contribution in [0.1, 0.15) is 17.4 Å². The third kappa shape index (κ3) is 2.76. The van der Waals surface area contributed by atoms with Gasteiger partial charge >= 0.3 is 5.97 Å². The molecule has 0 atom stereocenters. The monoisotopic (exact) mass is 284 g/mol. The second-order valence-corrected chi connectivity index (χ2v) is 5.43. The molecule has 0 aliphatic heterocycles. The standard InChI is InChI=1S/C10H12N4O4S/c1-2-14-6-7(4-12-14)13-19(17,18)8-3-9(10(15)16)11-5-8/h3-6,11,13H,2H2,1H3,(H,15,16). The summed E-state index contributed by atoms with van der Waals surface area (Å²) >= 11 is 0. The van der Waals surface area contributed by atoms with Crippen LogP contribution < -0.4 is 4.72 Å². The highest BCUT2D eigenvalue weighted by atomic mass is 32.2. The Morgan fingerprint density at radius 3 is 2.84 bits per heavy atom. The molecule has 2 aromatic heterocycles. The number of carbonyl (C=O) groups is 1. The fourth-order valence-corrected chi connectivity index (χ4v) is 2.48. The topological polar surface area (TPSA) is 117 Å². The van der Waals surface area contributed by atoms with Gasteiger partial charge in [-0.15, -0.1) is 0 Å². The molecule has 0 unspecified atom stereocenters. The molecule has 0 fully saturated rings. The van der Waals surface area contributed by atoms with E-state index in [4.69, 9.17) is 5.11 Å². The van der Waals surface area contributed by atoms with Crippen LogP contribution >= 0.6 is 0 Å². The van der Waals surface area contributed by atoms with Crippen LogP contribution in [0.3, 0.4) is 0 Å². The smallest absolute Gasteiger partial charge is 0.352 e. The zero-order chi connectivity index (χ0) is 14.0. The summed E-state index contributed by atoms with van der Waals surface area (Å²) in [5, 5.41) is 12.7. The van der Waals surface area contributed by atoms with Gasteiger partial charge in [0.25, 0.3) is 10.0 Å². The zero-order valence-electron chi connectivity index (χ0n) is 9.99. The number of nitrogens with zero attached hydrogens (tertiary/aromatic N) is 2. The summed E-state index contributed by atoms with van der Waals surface area (Å²) in [6.45, 7) is 2.49. The molecule has 0 bridgehead atoms. The van der Waals surface area contributed by atoms with Crippen molar-refractivity contribution in [3.8, 4) is 0 Å². The highest BCUT2D eigenvalue weighted by Gasteiger charge is 2.18. The molecule has 0 saturated heterocycles. The maximum absolute atomic E-state index is 12.0. The van der Waals surface area contributed by atoms with Gasteiger partial charge in [0, 0.05) is 18.9 Å². The van der Waals surface area contributed by atoms with Gasteiger partial charge in [-0.1, -0.05) is 0 Å². The molecule has 2 heterocycles. The van der Waals surface area contributed by atoms with Gasteiger partial charge in [-0.2, -0.15) is 5.10 Å². The number of hydrogen-bond acceptors (Lipinski definition) is 4. The molecule has 0 aliphatic rings. The average Bonchev–Trinajstić information content (AvgIpc) is 2.95. The van der Waals surface area contributed by atoms with Gasteiger partial charge in [-0.3, -0.25) is 9.40 Å². The third-order valence-corrected chi connectivity index (χ3v) is 3.77. The van der Waals surface area contributed by atoms with Crippen molar-refractivity contribution < 1.29 is 18.3 Å². The number of carboxylic acids is 1. The molecule has 0 saturated carbocycles. The maximum atomic E-state index is 12.0. The van der Waals surface area contributed by atoms with E-state index in [1.165, 1.54) is 6.20 Å². The second kappa shape index (κ2) is 4.76. The van der Waals surface area contributed by atoms with E-state index in [0.29, 0.717) is 12.2 Å². The van der Waals surface area contributed by atoms with Crippen LogP contribution in [0.25, 0.3) is 0 Å². The van der Waals surface area contributed by atoms with Crippen LogP contribution in [0, 0.1) is 0 Å². The Labute approximate surface area is 109 Å². The highest BCUT2D eigenvalue weighted by molar-refractivity contribution is 7.92. The first-order chi connectivity index (χ1) is 8.92. The molecule has 0 aliphatic carbocycles. The normalized spacial score (nSPS) is 11.4. The SMILES string of the molecule is CCn1cc(NS(=O)(=O)c2c[nH]c(C(=O)O)c2)cn1. The van der Waals surface area contributed by atoms with Crippen LogP contribution in [-0.4, -0.2) is 34.3 Å². The van der Waals surface area contributed by atoms with E-state index in [9.17, 15) is 13.2 Å². The lowest BCUT2D eigenvalue weighted by Gasteiger charge is -2.02. The lowest BCUT2D eigenvalue weighted by molar-refractivity contribution is 0.0691. The summed E-state index contributed by atoms with van der Waals surface area (Å²) in [5.41, 5.74) is 0.129. The summed E-state index contributed by atoms with van der Waals surface area (Å²) in [6.07, 6.45) is 4.05. The molecule has 2 aromatic rings. The summed E-state index contributed by atoms with van der Waals surface area (Å²) in [5.74, 6) is -1.22. The van der Waals surface area contributed by atoms with Crippen LogP contribution in [0.5, 0.6) is 0 Å². The summed E-state index contributed by atoms with van der Waals surface area (Å²) in [7, 11) is -3.82. The number of sulfonamides is 1. The van der Waals surface area contributed by atoms with Crippen molar-refractivity contribution in [1.29, 1.82) is 0 Å². The molecule has 0 amide bonds. The molecule has 0 radical (unpaired) electrons. The van der Waals surface area contributed by atoms with Crippen molar-refractivity contribution in [2.45, 2.75) is 18.4 Å². The van der Waals surface area contributed by atoms with Crippen molar-refractivity contribution in [1.82, 2.24) is 14.8 Å². The quantitative estimate of drug-likeness (QED) is 0.748. The summed E-state index contributed by atoms with van der Waals surface area (Å²) < 4.78 is 27.8. The molecular formula is C10H12N4O4S. The van der Waals surface area contributed by atoms with Crippen molar-refractivity contribution in [2.24, 2.45) is 0 Å². The highest BCUT2D eigenvalue weighted by Crippen LogP contribution is 2.16.